The lowest BCUT2D eigenvalue weighted by atomic mass is 9.91. The second-order valence-corrected chi connectivity index (χ2v) is 7.95. The summed E-state index contributed by atoms with van der Waals surface area (Å²) in [5.41, 5.74) is -0.886. The third-order valence-electron chi connectivity index (χ3n) is 4.01. The molecule has 2 rings (SSSR count). The number of Topliss-reactive ketones (excluding diaryl/α,β-unsaturated/α-hetero) is 1. The molecule has 0 N–H and O–H groups in total. The molecular weight excluding hydrogens is 414 g/mol. The predicted molar refractivity (Wildman–Crippen MR) is 107 cm³/mol. The van der Waals surface area contributed by atoms with Crippen molar-refractivity contribution in [3.05, 3.63) is 46.5 Å². The Bertz CT molecular complexity index is 912. The molecule has 1 aliphatic rings. The van der Waals surface area contributed by atoms with E-state index in [1.54, 1.807) is 27.7 Å². The van der Waals surface area contributed by atoms with Crippen LogP contribution in [0.5, 0.6) is 0 Å². The third kappa shape index (κ3) is 5.54. The largest absolute Gasteiger partial charge is 0.465 e. The molecule has 0 fully saturated rings. The molecule has 1 heterocycles. The van der Waals surface area contributed by atoms with Crippen LogP contribution in [0, 0.1) is 5.92 Å². The van der Waals surface area contributed by atoms with Crippen LogP contribution in [0.3, 0.4) is 0 Å². The fourth-order valence-corrected chi connectivity index (χ4v) is 2.83. The molecule has 3 amide bonds. The maximum Gasteiger partial charge on any atom is 0.424 e. The smallest absolute Gasteiger partial charge is 0.424 e. The summed E-state index contributed by atoms with van der Waals surface area (Å²) >= 11 is 5.83. The van der Waals surface area contributed by atoms with Crippen LogP contribution >= 0.6 is 11.6 Å². The van der Waals surface area contributed by atoms with Gasteiger partial charge in [-0.2, -0.15) is 4.90 Å². The SMILES string of the molecule is CCOC(=O)C(CC1=CC(=O)N(C(=O)OC(C)(C)C)C1=O)C(=O)c1ccc(Cl)cc1. The molecule has 1 aliphatic heterocycles. The van der Waals surface area contributed by atoms with Gasteiger partial charge < -0.3 is 9.47 Å². The first-order valence-corrected chi connectivity index (χ1v) is 9.60. The number of amides is 3. The number of hydrogen-bond acceptors (Lipinski definition) is 7. The van der Waals surface area contributed by atoms with Gasteiger partial charge in [0.1, 0.15) is 11.5 Å². The number of carbonyl (C=O) groups is 5. The molecule has 0 bridgehead atoms. The van der Waals surface area contributed by atoms with E-state index in [0.29, 0.717) is 9.92 Å². The van der Waals surface area contributed by atoms with Crippen LogP contribution in [-0.4, -0.2) is 46.8 Å². The Morgan fingerprint density at radius 1 is 1.10 bits per heavy atom. The molecule has 1 aromatic rings. The van der Waals surface area contributed by atoms with Gasteiger partial charge in [-0.05, 0) is 58.4 Å². The third-order valence-corrected chi connectivity index (χ3v) is 4.26. The zero-order chi connectivity index (χ0) is 22.6. The van der Waals surface area contributed by atoms with Crippen molar-refractivity contribution in [1.82, 2.24) is 4.90 Å². The van der Waals surface area contributed by atoms with Crippen LogP contribution in [0.4, 0.5) is 4.79 Å². The molecule has 0 saturated carbocycles. The summed E-state index contributed by atoms with van der Waals surface area (Å²) in [5, 5.41) is 0.409. The molecule has 1 aromatic carbocycles. The molecule has 0 spiro atoms. The maximum absolute atomic E-state index is 12.9. The average molecular weight is 436 g/mol. The molecule has 1 unspecified atom stereocenters. The lowest BCUT2D eigenvalue weighted by Gasteiger charge is -2.22. The van der Waals surface area contributed by atoms with E-state index in [4.69, 9.17) is 21.1 Å². The highest BCUT2D eigenvalue weighted by atomic mass is 35.5. The highest BCUT2D eigenvalue weighted by Gasteiger charge is 2.41. The Morgan fingerprint density at radius 2 is 1.70 bits per heavy atom. The van der Waals surface area contributed by atoms with Gasteiger partial charge in [0.25, 0.3) is 11.8 Å². The normalized spacial score (nSPS) is 15.0. The van der Waals surface area contributed by atoms with Gasteiger partial charge in [-0.1, -0.05) is 11.6 Å². The van der Waals surface area contributed by atoms with Crippen molar-refractivity contribution in [2.45, 2.75) is 39.7 Å². The van der Waals surface area contributed by atoms with Crippen molar-refractivity contribution in [2.24, 2.45) is 5.92 Å². The average Bonchev–Trinajstić information content (AvgIpc) is 2.92. The number of ketones is 1. The van der Waals surface area contributed by atoms with Gasteiger partial charge >= 0.3 is 12.1 Å². The lowest BCUT2D eigenvalue weighted by molar-refractivity contribution is -0.146. The number of ether oxygens (including phenoxy) is 2. The van der Waals surface area contributed by atoms with Crippen molar-refractivity contribution < 1.29 is 33.4 Å². The van der Waals surface area contributed by atoms with E-state index in [2.05, 4.69) is 0 Å². The molecule has 9 heteroatoms. The Hall–Kier alpha value is -3.00. The van der Waals surface area contributed by atoms with Crippen molar-refractivity contribution in [3.63, 3.8) is 0 Å². The van der Waals surface area contributed by atoms with Crippen LogP contribution in [0.15, 0.2) is 35.9 Å². The second kappa shape index (κ2) is 9.21. The van der Waals surface area contributed by atoms with Crippen molar-refractivity contribution in [1.29, 1.82) is 0 Å². The van der Waals surface area contributed by atoms with Gasteiger partial charge in [0.2, 0.25) is 0 Å². The summed E-state index contributed by atoms with van der Waals surface area (Å²) < 4.78 is 10.0. The molecule has 0 saturated heterocycles. The number of rotatable bonds is 6. The zero-order valence-electron chi connectivity index (χ0n) is 17.1. The van der Waals surface area contributed by atoms with E-state index in [1.165, 1.54) is 24.3 Å². The van der Waals surface area contributed by atoms with Gasteiger partial charge in [-0.25, -0.2) is 4.79 Å². The Morgan fingerprint density at radius 3 is 2.23 bits per heavy atom. The number of benzene rings is 1. The summed E-state index contributed by atoms with van der Waals surface area (Å²) in [4.78, 5) is 62.6. The lowest BCUT2D eigenvalue weighted by Crippen LogP contribution is -2.41. The first-order chi connectivity index (χ1) is 13.9. The molecule has 0 radical (unpaired) electrons. The fourth-order valence-electron chi connectivity index (χ4n) is 2.71. The Labute approximate surface area is 178 Å². The maximum atomic E-state index is 12.9. The van der Waals surface area contributed by atoms with Crippen molar-refractivity contribution in [3.8, 4) is 0 Å². The Balaban J connectivity index is 2.26. The summed E-state index contributed by atoms with van der Waals surface area (Å²) in [7, 11) is 0. The minimum absolute atomic E-state index is 0.0270. The number of hydrogen-bond donors (Lipinski definition) is 0. The molecule has 160 valence electrons. The van der Waals surface area contributed by atoms with Crippen LogP contribution in [0.25, 0.3) is 0 Å². The van der Waals surface area contributed by atoms with Gasteiger partial charge in [0, 0.05) is 22.2 Å². The first kappa shape index (κ1) is 23.3. The summed E-state index contributed by atoms with van der Waals surface area (Å²) in [5.74, 6) is -4.64. The number of carbonyl (C=O) groups excluding carboxylic acids is 5. The molecular formula is C21H22ClNO7. The second-order valence-electron chi connectivity index (χ2n) is 7.51. The quantitative estimate of drug-likeness (QED) is 0.292. The fraction of sp³-hybridized carbons (Fsp3) is 0.381. The Kier molecular flexibility index (Phi) is 7.15. The summed E-state index contributed by atoms with van der Waals surface area (Å²) in [6, 6.07) is 5.87. The van der Waals surface area contributed by atoms with Crippen molar-refractivity contribution >= 4 is 41.3 Å². The highest BCUT2D eigenvalue weighted by molar-refractivity contribution is 6.30. The van der Waals surface area contributed by atoms with E-state index in [1.807, 2.05) is 0 Å². The molecule has 0 aromatic heterocycles. The monoisotopic (exact) mass is 435 g/mol. The van der Waals surface area contributed by atoms with Crippen molar-refractivity contribution in [2.75, 3.05) is 6.61 Å². The van der Waals surface area contributed by atoms with Gasteiger partial charge in [-0.3, -0.25) is 19.2 Å². The number of esters is 1. The number of halogens is 1. The highest BCUT2D eigenvalue weighted by Crippen LogP contribution is 2.26. The van der Waals surface area contributed by atoms with Crippen LogP contribution < -0.4 is 0 Å². The van der Waals surface area contributed by atoms with E-state index in [0.717, 1.165) is 6.08 Å². The van der Waals surface area contributed by atoms with Gasteiger partial charge in [0.15, 0.2) is 5.78 Å². The van der Waals surface area contributed by atoms with E-state index < -0.39 is 47.6 Å². The predicted octanol–water partition coefficient (Wildman–Crippen LogP) is 3.32. The number of imide groups is 3. The van der Waals surface area contributed by atoms with Crippen LogP contribution in [0.1, 0.15) is 44.5 Å². The molecule has 0 aliphatic carbocycles. The molecule has 30 heavy (non-hydrogen) atoms. The van der Waals surface area contributed by atoms with E-state index in [9.17, 15) is 24.0 Å². The summed E-state index contributed by atoms with van der Waals surface area (Å²) in [6.07, 6.45) is -0.599. The van der Waals surface area contributed by atoms with E-state index >= 15 is 0 Å². The standard InChI is InChI=1S/C21H22ClNO7/c1-5-29-19(27)15(17(25)12-6-8-14(22)9-7-12)10-13-11-16(24)23(18(13)26)20(28)30-21(2,3)4/h6-9,11,15H,5,10H2,1-4H3. The van der Waals surface area contributed by atoms with Crippen LogP contribution in [-0.2, 0) is 23.9 Å². The molecule has 1 atom stereocenters. The first-order valence-electron chi connectivity index (χ1n) is 9.23. The van der Waals surface area contributed by atoms with E-state index in [-0.39, 0.29) is 17.7 Å². The molecule has 8 nitrogen and oxygen atoms in total. The minimum atomic E-state index is -1.37. The zero-order valence-corrected chi connectivity index (χ0v) is 17.8. The van der Waals surface area contributed by atoms with Crippen LogP contribution in [0.2, 0.25) is 5.02 Å². The topological polar surface area (TPSA) is 107 Å². The van der Waals surface area contributed by atoms with Gasteiger partial charge in [0.05, 0.1) is 6.61 Å². The number of nitrogens with zero attached hydrogens (tertiary/aromatic N) is 1. The minimum Gasteiger partial charge on any atom is -0.465 e. The summed E-state index contributed by atoms with van der Waals surface area (Å²) in [6.45, 7) is 6.37. The van der Waals surface area contributed by atoms with Gasteiger partial charge in [-0.15, -0.1) is 0 Å².